The van der Waals surface area contributed by atoms with E-state index in [4.69, 9.17) is 5.73 Å². The van der Waals surface area contributed by atoms with Crippen LogP contribution in [0.2, 0.25) is 0 Å². The number of halogens is 1. The Bertz CT molecular complexity index is 318. The zero-order valence-corrected chi connectivity index (χ0v) is 15.9. The van der Waals surface area contributed by atoms with Crippen LogP contribution in [0.5, 0.6) is 0 Å². The van der Waals surface area contributed by atoms with Crippen LogP contribution in [0, 0.1) is 0 Å². The Morgan fingerprint density at radius 3 is 2.95 bits per heavy atom. The first-order valence-electron chi connectivity index (χ1n) is 7.55. The molecule has 2 rings (SSSR count). The zero-order valence-electron chi connectivity index (χ0n) is 12.7. The smallest absolute Gasteiger partial charge is 0.188 e. The van der Waals surface area contributed by atoms with E-state index in [9.17, 15) is 0 Å². The number of nitrogens with one attached hydrogen (secondary N) is 1. The number of thioether (sulfide) groups is 1. The fraction of sp³-hybridized carbons (Fsp3) is 0.929. The summed E-state index contributed by atoms with van der Waals surface area (Å²) in [5.41, 5.74) is 5.99. The second-order valence-electron chi connectivity index (χ2n) is 5.91. The van der Waals surface area contributed by atoms with Gasteiger partial charge in [0.15, 0.2) is 5.96 Å². The monoisotopic (exact) mass is 412 g/mol. The van der Waals surface area contributed by atoms with Crippen molar-refractivity contribution in [3.63, 3.8) is 0 Å². The topological polar surface area (TPSA) is 53.6 Å². The van der Waals surface area contributed by atoms with Gasteiger partial charge in [-0.3, -0.25) is 9.89 Å². The normalized spacial score (nSPS) is 31.3. The van der Waals surface area contributed by atoms with Gasteiger partial charge in [-0.25, -0.2) is 0 Å². The van der Waals surface area contributed by atoms with Crippen LogP contribution in [0.3, 0.4) is 0 Å². The van der Waals surface area contributed by atoms with Gasteiger partial charge < -0.3 is 11.1 Å². The highest BCUT2D eigenvalue weighted by atomic mass is 127. The Labute approximate surface area is 144 Å². The minimum Gasteiger partial charge on any atom is -0.370 e. The molecule has 3 N–H and O–H groups in total. The minimum atomic E-state index is 0. The summed E-state index contributed by atoms with van der Waals surface area (Å²) in [6.07, 6.45) is 5.17. The van der Waals surface area contributed by atoms with Gasteiger partial charge in [-0.1, -0.05) is 6.92 Å². The van der Waals surface area contributed by atoms with Crippen LogP contribution in [-0.4, -0.2) is 53.6 Å². The Balaban J connectivity index is 0.00000200. The van der Waals surface area contributed by atoms with E-state index < -0.39 is 0 Å². The molecule has 20 heavy (non-hydrogen) atoms. The Kier molecular flexibility index (Phi) is 7.97. The van der Waals surface area contributed by atoms with Gasteiger partial charge in [-0.15, -0.1) is 24.0 Å². The molecule has 118 valence electrons. The molecule has 2 atom stereocenters. The molecule has 0 amide bonds. The van der Waals surface area contributed by atoms with E-state index in [0.717, 1.165) is 19.6 Å². The SMILES string of the molecule is CCN1CCCC1CNC(N)=NCC1(C)CCCS1.I. The number of guanidine groups is 1. The van der Waals surface area contributed by atoms with Gasteiger partial charge in [0.25, 0.3) is 0 Å². The number of rotatable bonds is 5. The van der Waals surface area contributed by atoms with E-state index >= 15 is 0 Å². The molecule has 0 aromatic heterocycles. The summed E-state index contributed by atoms with van der Waals surface area (Å²) in [6.45, 7) is 8.68. The number of likely N-dealkylation sites (N-methyl/N-ethyl adjacent to an activating group) is 1. The van der Waals surface area contributed by atoms with E-state index in [1.807, 2.05) is 11.8 Å². The van der Waals surface area contributed by atoms with Crippen molar-refractivity contribution in [1.29, 1.82) is 0 Å². The van der Waals surface area contributed by atoms with Crippen molar-refractivity contribution in [1.82, 2.24) is 10.2 Å². The summed E-state index contributed by atoms with van der Waals surface area (Å²) < 4.78 is 0.315. The number of nitrogens with zero attached hydrogens (tertiary/aromatic N) is 2. The maximum Gasteiger partial charge on any atom is 0.188 e. The van der Waals surface area contributed by atoms with Crippen LogP contribution < -0.4 is 11.1 Å². The lowest BCUT2D eigenvalue weighted by Gasteiger charge is -2.23. The molecule has 0 aromatic rings. The quantitative estimate of drug-likeness (QED) is 0.413. The lowest BCUT2D eigenvalue weighted by Crippen LogP contribution is -2.43. The molecule has 2 saturated heterocycles. The predicted molar refractivity (Wildman–Crippen MR) is 100 cm³/mol. The summed E-state index contributed by atoms with van der Waals surface area (Å²) in [7, 11) is 0. The summed E-state index contributed by atoms with van der Waals surface area (Å²) in [5, 5.41) is 3.31. The Morgan fingerprint density at radius 1 is 1.50 bits per heavy atom. The summed E-state index contributed by atoms with van der Waals surface area (Å²) in [4.78, 5) is 7.06. The molecule has 0 saturated carbocycles. The molecule has 2 aliphatic rings. The van der Waals surface area contributed by atoms with Gasteiger partial charge >= 0.3 is 0 Å². The number of nitrogens with two attached hydrogens (primary N) is 1. The second kappa shape index (κ2) is 8.68. The molecule has 2 heterocycles. The van der Waals surface area contributed by atoms with Crippen molar-refractivity contribution in [2.75, 3.05) is 31.9 Å². The highest BCUT2D eigenvalue weighted by Gasteiger charge is 2.29. The average molecular weight is 412 g/mol. The van der Waals surface area contributed by atoms with Crippen molar-refractivity contribution in [3.8, 4) is 0 Å². The number of likely N-dealkylation sites (tertiary alicyclic amines) is 1. The predicted octanol–water partition coefficient (Wildman–Crippen LogP) is 2.28. The average Bonchev–Trinajstić information content (AvgIpc) is 3.03. The zero-order chi connectivity index (χ0) is 13.7. The van der Waals surface area contributed by atoms with Crippen molar-refractivity contribution < 1.29 is 0 Å². The van der Waals surface area contributed by atoms with Crippen molar-refractivity contribution in [2.45, 2.75) is 50.3 Å². The lowest BCUT2D eigenvalue weighted by molar-refractivity contribution is 0.267. The van der Waals surface area contributed by atoms with Gasteiger partial charge in [-0.05, 0) is 51.4 Å². The van der Waals surface area contributed by atoms with Gasteiger partial charge in [-0.2, -0.15) is 11.8 Å². The van der Waals surface area contributed by atoms with Crippen molar-refractivity contribution in [2.24, 2.45) is 10.7 Å². The van der Waals surface area contributed by atoms with Crippen molar-refractivity contribution >= 4 is 41.7 Å². The third kappa shape index (κ3) is 5.26. The molecule has 0 aliphatic carbocycles. The van der Waals surface area contributed by atoms with Gasteiger partial charge in [0.2, 0.25) is 0 Å². The number of hydrogen-bond acceptors (Lipinski definition) is 3. The fourth-order valence-electron chi connectivity index (χ4n) is 3.03. The Hall–Kier alpha value is 0.310. The van der Waals surface area contributed by atoms with E-state index in [1.165, 1.54) is 38.0 Å². The third-order valence-corrected chi connectivity index (χ3v) is 5.83. The van der Waals surface area contributed by atoms with Gasteiger partial charge in [0.1, 0.15) is 0 Å². The highest BCUT2D eigenvalue weighted by molar-refractivity contribution is 14.0. The van der Waals surface area contributed by atoms with Gasteiger partial charge in [0.05, 0.1) is 6.54 Å². The molecule has 0 spiro atoms. The van der Waals surface area contributed by atoms with Crippen LogP contribution in [0.1, 0.15) is 39.5 Å². The van der Waals surface area contributed by atoms with Gasteiger partial charge in [0, 0.05) is 17.3 Å². The minimum absolute atomic E-state index is 0. The van der Waals surface area contributed by atoms with Crippen LogP contribution in [0.4, 0.5) is 0 Å². The van der Waals surface area contributed by atoms with Crippen LogP contribution in [0.25, 0.3) is 0 Å². The molecule has 0 aromatic carbocycles. The molecule has 0 radical (unpaired) electrons. The van der Waals surface area contributed by atoms with Crippen LogP contribution in [-0.2, 0) is 0 Å². The summed E-state index contributed by atoms with van der Waals surface area (Å²) in [6, 6.07) is 0.634. The first-order chi connectivity index (χ1) is 9.13. The van der Waals surface area contributed by atoms with Crippen LogP contribution in [0.15, 0.2) is 4.99 Å². The fourth-order valence-corrected chi connectivity index (χ4v) is 4.26. The van der Waals surface area contributed by atoms with Crippen molar-refractivity contribution in [3.05, 3.63) is 0 Å². The number of aliphatic imine (C=N–C) groups is 1. The van der Waals surface area contributed by atoms with Crippen LogP contribution >= 0.6 is 35.7 Å². The third-order valence-electron chi connectivity index (χ3n) is 4.31. The molecule has 0 bridgehead atoms. The molecular formula is C14H29IN4S. The molecule has 2 unspecified atom stereocenters. The lowest BCUT2D eigenvalue weighted by atomic mass is 10.1. The summed E-state index contributed by atoms with van der Waals surface area (Å²) in [5.74, 6) is 1.89. The molecule has 6 heteroatoms. The molecular weight excluding hydrogens is 383 g/mol. The largest absolute Gasteiger partial charge is 0.370 e. The van der Waals surface area contributed by atoms with E-state index in [2.05, 4.69) is 29.1 Å². The maximum atomic E-state index is 5.99. The molecule has 2 fully saturated rings. The second-order valence-corrected chi connectivity index (χ2v) is 7.59. The first-order valence-corrected chi connectivity index (χ1v) is 8.53. The van der Waals surface area contributed by atoms with E-state index in [0.29, 0.717) is 16.7 Å². The van der Waals surface area contributed by atoms with E-state index in [-0.39, 0.29) is 24.0 Å². The molecule has 2 aliphatic heterocycles. The maximum absolute atomic E-state index is 5.99. The first kappa shape index (κ1) is 18.4. The Morgan fingerprint density at radius 2 is 2.30 bits per heavy atom. The number of hydrogen-bond donors (Lipinski definition) is 2. The summed E-state index contributed by atoms with van der Waals surface area (Å²) >= 11 is 2.04. The standard InChI is InChI=1S/C14H28N4S.HI/c1-3-18-8-4-6-12(18)10-16-13(15)17-11-14(2)7-5-9-19-14;/h12H,3-11H2,1-2H3,(H3,15,16,17);1H. The van der Waals surface area contributed by atoms with E-state index in [1.54, 1.807) is 0 Å². The highest BCUT2D eigenvalue weighted by Crippen LogP contribution is 2.37. The molecule has 4 nitrogen and oxygen atoms in total.